The van der Waals surface area contributed by atoms with Crippen molar-refractivity contribution in [3.63, 3.8) is 0 Å². The molecule has 21 heavy (non-hydrogen) atoms. The molecule has 0 aliphatic rings. The first kappa shape index (κ1) is 15.1. The summed E-state index contributed by atoms with van der Waals surface area (Å²) in [5.41, 5.74) is 2.45. The molecule has 2 rings (SSSR count). The number of ether oxygens (including phenoxy) is 1. The standard InChI is InChI=1S/C17H16ClNO2/c1-19-17(20)14-7-10-16(21-2)13(11-14)6-3-12-4-8-15(18)9-5-12/h3-11H,1-2H3,(H,19,20)/b6-3+. The SMILES string of the molecule is CNC(=O)c1ccc(OC)c(/C=C/c2ccc(Cl)cc2)c1. The second-order valence-corrected chi connectivity index (χ2v) is 4.86. The molecule has 0 radical (unpaired) electrons. The summed E-state index contributed by atoms with van der Waals surface area (Å²) in [6.07, 6.45) is 3.86. The average Bonchev–Trinajstić information content (AvgIpc) is 2.53. The third kappa shape index (κ3) is 3.86. The normalized spacial score (nSPS) is 10.6. The molecule has 0 saturated carbocycles. The van der Waals surface area contributed by atoms with Crippen LogP contribution in [0.25, 0.3) is 12.2 Å². The Morgan fingerprint density at radius 1 is 1.14 bits per heavy atom. The Labute approximate surface area is 129 Å². The van der Waals surface area contributed by atoms with Gasteiger partial charge in [0, 0.05) is 23.2 Å². The van der Waals surface area contributed by atoms with E-state index in [4.69, 9.17) is 16.3 Å². The number of nitrogens with one attached hydrogen (secondary N) is 1. The largest absolute Gasteiger partial charge is 0.496 e. The number of methoxy groups -OCH3 is 1. The Morgan fingerprint density at radius 2 is 1.86 bits per heavy atom. The van der Waals surface area contributed by atoms with Crippen LogP contribution in [0, 0.1) is 0 Å². The molecule has 3 nitrogen and oxygen atoms in total. The van der Waals surface area contributed by atoms with E-state index < -0.39 is 0 Å². The van der Waals surface area contributed by atoms with Gasteiger partial charge in [0.05, 0.1) is 7.11 Å². The van der Waals surface area contributed by atoms with Gasteiger partial charge in [-0.05, 0) is 35.9 Å². The Morgan fingerprint density at radius 3 is 2.48 bits per heavy atom. The summed E-state index contributed by atoms with van der Waals surface area (Å²) < 4.78 is 5.32. The van der Waals surface area contributed by atoms with E-state index in [1.54, 1.807) is 32.4 Å². The van der Waals surface area contributed by atoms with Crippen molar-refractivity contribution in [3.8, 4) is 5.75 Å². The molecule has 0 heterocycles. The van der Waals surface area contributed by atoms with Gasteiger partial charge in [-0.1, -0.05) is 35.9 Å². The zero-order valence-corrected chi connectivity index (χ0v) is 12.6. The lowest BCUT2D eigenvalue weighted by Crippen LogP contribution is -2.17. The molecule has 1 amide bonds. The maximum absolute atomic E-state index is 11.7. The first-order valence-electron chi connectivity index (χ1n) is 6.48. The van der Waals surface area contributed by atoms with Gasteiger partial charge >= 0.3 is 0 Å². The lowest BCUT2D eigenvalue weighted by molar-refractivity contribution is 0.0963. The van der Waals surface area contributed by atoms with Crippen LogP contribution in [0.4, 0.5) is 0 Å². The van der Waals surface area contributed by atoms with E-state index in [-0.39, 0.29) is 5.91 Å². The molecule has 0 aromatic heterocycles. The highest BCUT2D eigenvalue weighted by Gasteiger charge is 2.07. The lowest BCUT2D eigenvalue weighted by atomic mass is 10.1. The molecule has 0 aliphatic carbocycles. The van der Waals surface area contributed by atoms with Crippen molar-refractivity contribution in [2.45, 2.75) is 0 Å². The highest BCUT2D eigenvalue weighted by molar-refractivity contribution is 6.30. The number of halogens is 1. The van der Waals surface area contributed by atoms with Crippen LogP contribution < -0.4 is 10.1 Å². The molecule has 0 aliphatic heterocycles. The first-order chi connectivity index (χ1) is 10.1. The first-order valence-corrected chi connectivity index (χ1v) is 6.85. The van der Waals surface area contributed by atoms with Gasteiger partial charge in [0.2, 0.25) is 0 Å². The number of carbonyl (C=O) groups is 1. The number of amides is 1. The van der Waals surface area contributed by atoms with Crippen molar-refractivity contribution in [1.82, 2.24) is 5.32 Å². The van der Waals surface area contributed by atoms with Crippen molar-refractivity contribution in [1.29, 1.82) is 0 Å². The zero-order valence-electron chi connectivity index (χ0n) is 11.9. The van der Waals surface area contributed by atoms with Gasteiger partial charge in [-0.3, -0.25) is 4.79 Å². The van der Waals surface area contributed by atoms with Crippen molar-refractivity contribution < 1.29 is 9.53 Å². The molecule has 0 fully saturated rings. The summed E-state index contributed by atoms with van der Waals surface area (Å²) in [6.45, 7) is 0. The predicted molar refractivity (Wildman–Crippen MR) is 86.8 cm³/mol. The molecule has 0 unspecified atom stereocenters. The average molecular weight is 302 g/mol. The molecule has 2 aromatic carbocycles. The van der Waals surface area contributed by atoms with Gasteiger partial charge in [-0.2, -0.15) is 0 Å². The molecule has 0 spiro atoms. The molecule has 0 bridgehead atoms. The number of benzene rings is 2. The Bertz CT molecular complexity index is 663. The second kappa shape index (κ2) is 6.95. The topological polar surface area (TPSA) is 38.3 Å². The van der Waals surface area contributed by atoms with E-state index in [0.717, 1.165) is 11.1 Å². The molecular weight excluding hydrogens is 286 g/mol. The van der Waals surface area contributed by atoms with E-state index in [2.05, 4.69) is 5.32 Å². The van der Waals surface area contributed by atoms with Gasteiger partial charge in [-0.25, -0.2) is 0 Å². The Kier molecular flexibility index (Phi) is 5.01. The fourth-order valence-electron chi connectivity index (χ4n) is 1.91. The van der Waals surface area contributed by atoms with Crippen molar-refractivity contribution in [2.24, 2.45) is 0 Å². The number of rotatable bonds is 4. The fourth-order valence-corrected chi connectivity index (χ4v) is 2.04. The Balaban J connectivity index is 2.32. The van der Waals surface area contributed by atoms with Crippen LogP contribution in [0.3, 0.4) is 0 Å². The molecule has 2 aromatic rings. The minimum atomic E-state index is -0.126. The van der Waals surface area contributed by atoms with E-state index in [0.29, 0.717) is 16.3 Å². The maximum atomic E-state index is 11.7. The number of carbonyl (C=O) groups excluding carboxylic acids is 1. The second-order valence-electron chi connectivity index (χ2n) is 4.42. The van der Waals surface area contributed by atoms with Crippen molar-refractivity contribution in [3.05, 3.63) is 64.2 Å². The van der Waals surface area contributed by atoms with Crippen LogP contribution in [0.1, 0.15) is 21.5 Å². The van der Waals surface area contributed by atoms with Gasteiger partial charge < -0.3 is 10.1 Å². The molecule has 108 valence electrons. The summed E-state index contributed by atoms with van der Waals surface area (Å²) in [4.78, 5) is 11.7. The highest BCUT2D eigenvalue weighted by Crippen LogP contribution is 2.22. The minimum absolute atomic E-state index is 0.126. The van der Waals surface area contributed by atoms with Crippen LogP contribution in [-0.2, 0) is 0 Å². The van der Waals surface area contributed by atoms with Gasteiger partial charge in [0.15, 0.2) is 0 Å². The summed E-state index contributed by atoms with van der Waals surface area (Å²) in [5.74, 6) is 0.590. The monoisotopic (exact) mass is 301 g/mol. The van der Waals surface area contributed by atoms with Crippen LogP contribution in [0.15, 0.2) is 42.5 Å². The van der Waals surface area contributed by atoms with Crippen LogP contribution in [0.2, 0.25) is 5.02 Å². The predicted octanol–water partition coefficient (Wildman–Crippen LogP) is 3.88. The third-order valence-electron chi connectivity index (χ3n) is 3.04. The van der Waals surface area contributed by atoms with Gasteiger partial charge in [0.25, 0.3) is 5.91 Å². The fraction of sp³-hybridized carbons (Fsp3) is 0.118. The summed E-state index contributed by atoms with van der Waals surface area (Å²) in [5, 5.41) is 3.31. The highest BCUT2D eigenvalue weighted by atomic mass is 35.5. The molecule has 4 heteroatoms. The van der Waals surface area contributed by atoms with Crippen molar-refractivity contribution >= 4 is 29.7 Å². The quantitative estimate of drug-likeness (QED) is 0.870. The number of hydrogen-bond donors (Lipinski definition) is 1. The summed E-state index contributed by atoms with van der Waals surface area (Å²) >= 11 is 5.86. The molecular formula is C17H16ClNO2. The zero-order chi connectivity index (χ0) is 15.2. The van der Waals surface area contributed by atoms with E-state index >= 15 is 0 Å². The Hall–Kier alpha value is -2.26. The van der Waals surface area contributed by atoms with E-state index in [1.807, 2.05) is 36.4 Å². The van der Waals surface area contributed by atoms with Crippen LogP contribution >= 0.6 is 11.6 Å². The molecule has 1 N–H and O–H groups in total. The smallest absolute Gasteiger partial charge is 0.251 e. The van der Waals surface area contributed by atoms with Gasteiger partial charge in [0.1, 0.15) is 5.75 Å². The van der Waals surface area contributed by atoms with Crippen molar-refractivity contribution in [2.75, 3.05) is 14.2 Å². The summed E-state index contributed by atoms with van der Waals surface area (Å²) in [6, 6.07) is 12.8. The van der Waals surface area contributed by atoms with E-state index in [9.17, 15) is 4.79 Å². The summed E-state index contributed by atoms with van der Waals surface area (Å²) in [7, 11) is 3.21. The van der Waals surface area contributed by atoms with Gasteiger partial charge in [-0.15, -0.1) is 0 Å². The molecule has 0 saturated heterocycles. The van der Waals surface area contributed by atoms with E-state index in [1.165, 1.54) is 0 Å². The number of hydrogen-bond acceptors (Lipinski definition) is 2. The molecule has 0 atom stereocenters. The third-order valence-corrected chi connectivity index (χ3v) is 3.30. The van der Waals surface area contributed by atoms with Crippen LogP contribution in [0.5, 0.6) is 5.75 Å². The van der Waals surface area contributed by atoms with Crippen LogP contribution in [-0.4, -0.2) is 20.1 Å². The maximum Gasteiger partial charge on any atom is 0.251 e. The minimum Gasteiger partial charge on any atom is -0.496 e. The lowest BCUT2D eigenvalue weighted by Gasteiger charge is -2.07.